The normalized spacial score (nSPS) is 14.9. The van der Waals surface area contributed by atoms with Gasteiger partial charge in [-0.2, -0.15) is 15.3 Å². The van der Waals surface area contributed by atoms with Crippen LogP contribution >= 0.6 is 0 Å². The maximum Gasteiger partial charge on any atom is 0.516 e. The second-order valence-electron chi connectivity index (χ2n) is 38.0. The van der Waals surface area contributed by atoms with E-state index in [1.54, 1.807) is 212 Å². The Hall–Kier alpha value is -15.8. The van der Waals surface area contributed by atoms with E-state index in [-0.39, 0.29) is 74.6 Å². The van der Waals surface area contributed by atoms with Crippen molar-refractivity contribution in [3.63, 3.8) is 0 Å². The largest absolute Gasteiger partial charge is 0.516 e. The van der Waals surface area contributed by atoms with Crippen LogP contribution in [0.4, 0.5) is 22.2 Å². The molecule has 7 N–H and O–H groups in total. The van der Waals surface area contributed by atoms with Gasteiger partial charge in [0.25, 0.3) is 22.2 Å². The number of nitrogens with zero attached hydrogens (tertiary/aromatic N) is 22. The maximum atomic E-state index is 13.2. The van der Waals surface area contributed by atoms with Crippen LogP contribution in [-0.4, -0.2) is 240 Å². The quantitative estimate of drug-likeness (QED) is 0.0458. The summed E-state index contributed by atoms with van der Waals surface area (Å²) in [5.74, 6) is 5.01. The van der Waals surface area contributed by atoms with Crippen LogP contribution in [0.5, 0.6) is 46.0 Å². The Bertz CT molecular complexity index is 7320. The number of benzene rings is 4. The summed E-state index contributed by atoms with van der Waals surface area (Å²) in [7, 11) is 20.6. The van der Waals surface area contributed by atoms with Gasteiger partial charge in [0.1, 0.15) is 109 Å². The van der Waals surface area contributed by atoms with Crippen LogP contribution in [0.1, 0.15) is 122 Å². The van der Waals surface area contributed by atoms with Crippen LogP contribution in [0.2, 0.25) is 0 Å². The average molecular weight is 1990 g/mol. The zero-order valence-electron chi connectivity index (χ0n) is 86.6. The van der Waals surface area contributed by atoms with Gasteiger partial charge in [-0.3, -0.25) is 33.2 Å². The zero-order valence-corrected chi connectivity index (χ0v) is 86.6. The minimum absolute atomic E-state index is 0.122. The molecule has 0 unspecified atom stereocenters. The van der Waals surface area contributed by atoms with Gasteiger partial charge in [-0.1, -0.05) is 0 Å². The molecule has 4 fully saturated rings. The van der Waals surface area contributed by atoms with Crippen LogP contribution in [0.3, 0.4) is 0 Å². The number of nitrogens with one attached hydrogen (secondary N) is 1. The number of hydrogen-bond acceptors (Lipinski definition) is 34. The Morgan fingerprint density at radius 3 is 0.932 bits per heavy atom. The van der Waals surface area contributed by atoms with Crippen LogP contribution in [0.15, 0.2) is 154 Å². The van der Waals surface area contributed by atoms with Gasteiger partial charge in [0, 0.05) is 146 Å². The van der Waals surface area contributed by atoms with Crippen molar-refractivity contribution in [2.45, 2.75) is 143 Å². The smallest absolute Gasteiger partial charge is 0.497 e. The van der Waals surface area contributed by atoms with Gasteiger partial charge in [0.2, 0.25) is 0 Å². The van der Waals surface area contributed by atoms with Gasteiger partial charge in [0.05, 0.1) is 146 Å². The molecule has 10 aromatic heterocycles. The number of anilines is 3. The minimum Gasteiger partial charge on any atom is -0.497 e. The molecule has 14 heterocycles. The van der Waals surface area contributed by atoms with Crippen molar-refractivity contribution >= 4 is 36.3 Å². The molecule has 0 spiro atoms. The number of piperidine rings is 3. The van der Waals surface area contributed by atoms with Crippen molar-refractivity contribution in [3.8, 4) is 159 Å². The molecule has 4 saturated heterocycles. The highest BCUT2D eigenvalue weighted by molar-refractivity contribution is 6.61. The number of likely N-dealkylation sites (tertiary alicyclic amines) is 2. The van der Waals surface area contributed by atoms with Crippen molar-refractivity contribution < 1.29 is 56.7 Å². The molecule has 146 heavy (non-hydrogen) atoms. The first-order chi connectivity index (χ1) is 69.6. The van der Waals surface area contributed by atoms with Gasteiger partial charge in [0.15, 0.2) is 17.5 Å². The number of nitrogen functional groups attached to an aromatic ring is 3. The third kappa shape index (κ3) is 22.7. The van der Waals surface area contributed by atoms with Crippen molar-refractivity contribution in [1.29, 1.82) is 0 Å². The molecule has 4 aromatic carbocycles. The molecule has 0 atom stereocenters. The number of ether oxygens (including phenoxy) is 9. The fourth-order valence-corrected chi connectivity index (χ4v) is 17.6. The number of methoxy groups -OCH3 is 8. The molecule has 4 aliphatic rings. The highest BCUT2D eigenvalue weighted by Crippen LogP contribution is 2.41. The topological polar surface area (TPSA) is 486 Å². The summed E-state index contributed by atoms with van der Waals surface area (Å²) < 4.78 is 72.6. The number of aromatic nitrogens is 20. The lowest BCUT2D eigenvalue weighted by molar-refractivity contribution is 0.00578. The Morgan fingerprint density at radius 1 is 0.377 bits per heavy atom. The van der Waals surface area contributed by atoms with Crippen molar-refractivity contribution in [1.82, 2.24) is 113 Å². The molecule has 14 aromatic rings. The SMILES string of the molecule is COc1cc(OC)cc(-c2nc(-c3nc(-c4cnn(C5CCN(C(=O)OC(C)(C)C)CC5)c4C)cnc3N)cn(C)c2=O)c1.COc1cc(OC)cc(-c2nc(-c3nc(-c4cnn(C5CCN(C)CC5)c4C)cnc3N)cn(C)c2=O)c1.COc1cc(OC)cc(-c2nc(-c3nc(-c4cnn(C5CCNCC5)c4C)cnc3N)cn(C)c2=O)c1.COc1cc(OC)cc(-c2nc(B3OC(C)(C)C(C)(C)O3)cn(C)c2=O)c1. The standard InChI is InChI=1S/C31H38N8O5.C27H32N8O3.C26H30N8O3.C19H25BN2O5/c1-18-23(15-34-39(18)20-8-10-38(11-9-20)30(41)44-31(2,3)4)24-16-33-28(32)27(35-24)25-17-37(5)29(40)26(36-25)19-12-21(42-6)14-22(13-19)43-7;1-16-21(13-30-35(16)18-6-8-33(2)9-7-18)22-14-29-26(28)25(31-22)23-15-34(3)27(36)24(32-23)17-10-19(37-4)12-20(11-17)38-5;1-15-20(12-30-34(15)17-5-7-28-8-6-17)21-13-29-25(27)24(31-21)22-14-33(2)26(35)23(32-22)16-9-18(36-3)11-19(10-16)37-4;1-18(2)19(3,4)27-20(26-18)15-11-22(5)17(23)16(21-15)12-8-13(24-6)10-14(9-12)25-7/h12-17,20H,8-11H2,1-7H3,(H2,32,33);10-15,18H,6-9H2,1-5H3,(H2,28,29);9-14,17,28H,5-8H2,1-4H3,(H2,27,29);8-11H,1-7H3. The van der Waals surface area contributed by atoms with E-state index in [2.05, 4.69) is 78.6 Å². The summed E-state index contributed by atoms with van der Waals surface area (Å²) >= 11 is 0. The average Bonchev–Trinajstić information content (AvgIpc) is 1.60. The lowest BCUT2D eigenvalue weighted by atomic mass is 9.85. The van der Waals surface area contributed by atoms with Crippen molar-refractivity contribution in [3.05, 3.63) is 193 Å². The molecular formula is C103H125BN26O16. The van der Waals surface area contributed by atoms with E-state index in [0.29, 0.717) is 150 Å². The molecule has 42 nitrogen and oxygen atoms in total. The lowest BCUT2D eigenvalue weighted by Gasteiger charge is -2.33. The third-order valence-corrected chi connectivity index (χ3v) is 26.5. The second kappa shape index (κ2) is 43.8. The fraction of sp³-hybridized carbons (Fsp3) is 0.398. The Morgan fingerprint density at radius 2 is 0.644 bits per heavy atom. The summed E-state index contributed by atoms with van der Waals surface area (Å²) in [5.41, 5.74) is 29.7. The van der Waals surface area contributed by atoms with E-state index in [0.717, 1.165) is 98.5 Å². The molecule has 1 amide bonds. The molecule has 766 valence electrons. The van der Waals surface area contributed by atoms with Gasteiger partial charge < -0.3 is 103 Å². The van der Waals surface area contributed by atoms with Gasteiger partial charge in [-0.25, -0.2) is 54.6 Å². The molecule has 0 radical (unpaired) electrons. The molecule has 18 rings (SSSR count). The number of carbonyl (C=O) groups excluding carboxylic acids is 1. The summed E-state index contributed by atoms with van der Waals surface area (Å²) in [4.78, 5) is 115. The number of nitrogens with two attached hydrogens (primary N) is 3. The van der Waals surface area contributed by atoms with Crippen LogP contribution in [-0.2, 0) is 42.2 Å². The van der Waals surface area contributed by atoms with E-state index >= 15 is 0 Å². The first kappa shape index (κ1) is 105. The molecule has 0 bridgehead atoms. The summed E-state index contributed by atoms with van der Waals surface area (Å²) in [5, 5.41) is 17.4. The predicted molar refractivity (Wildman–Crippen MR) is 555 cm³/mol. The second-order valence-corrected chi connectivity index (χ2v) is 38.0. The summed E-state index contributed by atoms with van der Waals surface area (Å²) in [6, 6.07) is 21.6. The highest BCUT2D eigenvalue weighted by atomic mass is 16.7. The van der Waals surface area contributed by atoms with Gasteiger partial charge in [-0.05, 0) is 190 Å². The summed E-state index contributed by atoms with van der Waals surface area (Å²) in [6.45, 7) is 24.8. The van der Waals surface area contributed by atoms with Crippen molar-refractivity contribution in [2.24, 2.45) is 28.2 Å². The van der Waals surface area contributed by atoms with Gasteiger partial charge in [-0.15, -0.1) is 0 Å². The fourth-order valence-electron chi connectivity index (χ4n) is 17.6. The first-order valence-corrected chi connectivity index (χ1v) is 47.6. The Kier molecular flexibility index (Phi) is 31.4. The number of aryl methyl sites for hydroxylation is 4. The zero-order chi connectivity index (χ0) is 105. The van der Waals surface area contributed by atoms with Crippen LogP contribution in [0.25, 0.3) is 113 Å². The van der Waals surface area contributed by atoms with Crippen LogP contribution in [0, 0.1) is 20.8 Å². The maximum absolute atomic E-state index is 13.2. The van der Waals surface area contributed by atoms with Gasteiger partial charge >= 0.3 is 13.2 Å². The van der Waals surface area contributed by atoms with E-state index in [4.69, 9.17) is 89.2 Å². The number of amides is 1. The minimum atomic E-state index is -0.659. The molecule has 0 saturated carbocycles. The van der Waals surface area contributed by atoms with E-state index in [9.17, 15) is 24.0 Å². The van der Waals surface area contributed by atoms with E-state index < -0.39 is 23.9 Å². The Balaban J connectivity index is 0.000000148. The van der Waals surface area contributed by atoms with Crippen molar-refractivity contribution in [2.75, 3.05) is 120 Å². The lowest BCUT2D eigenvalue weighted by Crippen LogP contribution is -2.42. The number of rotatable bonds is 22. The van der Waals surface area contributed by atoms with E-state index in [1.807, 2.05) is 79.4 Å². The van der Waals surface area contributed by atoms with E-state index in [1.165, 1.54) is 18.3 Å². The molecule has 4 aliphatic heterocycles. The third-order valence-electron chi connectivity index (χ3n) is 26.5. The summed E-state index contributed by atoms with van der Waals surface area (Å²) in [6.07, 6.45) is 22.1. The van der Waals surface area contributed by atoms with Crippen LogP contribution < -0.4 is 88.2 Å². The number of carbonyl (C=O) groups is 1. The Labute approximate surface area is 844 Å². The first-order valence-electron chi connectivity index (χ1n) is 47.6. The molecule has 43 heteroatoms. The highest BCUT2D eigenvalue weighted by Gasteiger charge is 2.53. The molecule has 0 aliphatic carbocycles. The molecular weight excluding hydrogens is 1870 g/mol. The predicted octanol–water partition coefficient (Wildman–Crippen LogP) is 11.6. The monoisotopic (exact) mass is 1990 g/mol. The number of hydrogen-bond donors (Lipinski definition) is 4.